The van der Waals surface area contributed by atoms with Gasteiger partial charge in [0, 0.05) is 6.54 Å². The number of carbonyl (C=O) groups is 2. The highest BCUT2D eigenvalue weighted by Crippen LogP contribution is 2.33. The van der Waals surface area contributed by atoms with E-state index in [-0.39, 0.29) is 30.5 Å². The summed E-state index contributed by atoms with van der Waals surface area (Å²) in [4.78, 5) is 27.7. The smallest absolute Gasteiger partial charge is 0.289 e. The summed E-state index contributed by atoms with van der Waals surface area (Å²) in [7, 11) is 0. The van der Waals surface area contributed by atoms with Gasteiger partial charge in [0.25, 0.3) is 5.91 Å². The Morgan fingerprint density at radius 1 is 1.23 bits per heavy atom. The SMILES string of the molecule is Cc1cccc(/C=C2/OC3CCCCC3N(CC(=O)NCCC3=CCCCC3)C2=O)c1. The fraction of sp³-hybridized carbons (Fsp3) is 0.538. The molecule has 2 aliphatic carbocycles. The molecule has 2 fully saturated rings. The van der Waals surface area contributed by atoms with Crippen LogP contribution in [0.25, 0.3) is 6.08 Å². The van der Waals surface area contributed by atoms with Crippen LogP contribution in [0.4, 0.5) is 0 Å². The molecule has 3 aliphatic rings. The zero-order valence-corrected chi connectivity index (χ0v) is 18.6. The average molecular weight is 423 g/mol. The molecule has 1 heterocycles. The van der Waals surface area contributed by atoms with Crippen molar-refractivity contribution in [3.05, 3.63) is 52.8 Å². The molecule has 5 nitrogen and oxygen atoms in total. The molecule has 5 heteroatoms. The maximum Gasteiger partial charge on any atom is 0.289 e. The monoisotopic (exact) mass is 422 g/mol. The number of benzene rings is 1. The van der Waals surface area contributed by atoms with Crippen molar-refractivity contribution >= 4 is 17.9 Å². The van der Waals surface area contributed by atoms with Crippen molar-refractivity contribution in [2.24, 2.45) is 0 Å². The number of morpholine rings is 1. The fourth-order valence-corrected chi connectivity index (χ4v) is 4.98. The lowest BCUT2D eigenvalue weighted by atomic mass is 9.89. The van der Waals surface area contributed by atoms with Gasteiger partial charge in [-0.3, -0.25) is 9.59 Å². The molecule has 0 spiro atoms. The number of nitrogens with one attached hydrogen (secondary N) is 1. The Morgan fingerprint density at radius 2 is 2.10 bits per heavy atom. The summed E-state index contributed by atoms with van der Waals surface area (Å²) in [5.74, 6) is 0.106. The highest BCUT2D eigenvalue weighted by molar-refractivity contribution is 5.98. The minimum Gasteiger partial charge on any atom is -0.482 e. The van der Waals surface area contributed by atoms with Crippen LogP contribution < -0.4 is 5.32 Å². The molecule has 2 atom stereocenters. The molecule has 1 saturated carbocycles. The van der Waals surface area contributed by atoms with Gasteiger partial charge < -0.3 is 15.0 Å². The Kier molecular flexibility index (Phi) is 7.10. The first-order valence-corrected chi connectivity index (χ1v) is 11.8. The van der Waals surface area contributed by atoms with Crippen LogP contribution in [-0.4, -0.2) is 41.9 Å². The van der Waals surface area contributed by atoms with Crippen LogP contribution in [0, 0.1) is 6.92 Å². The van der Waals surface area contributed by atoms with Crippen molar-refractivity contribution in [3.63, 3.8) is 0 Å². The van der Waals surface area contributed by atoms with Crippen LogP contribution in [0.2, 0.25) is 0 Å². The summed E-state index contributed by atoms with van der Waals surface area (Å²) in [6.45, 7) is 2.78. The molecule has 0 bridgehead atoms. The van der Waals surface area contributed by atoms with E-state index in [4.69, 9.17) is 4.74 Å². The number of rotatable bonds is 6. The minimum absolute atomic E-state index is 0.0114. The summed E-state index contributed by atoms with van der Waals surface area (Å²) in [6.07, 6.45) is 13.8. The van der Waals surface area contributed by atoms with Gasteiger partial charge in [-0.15, -0.1) is 0 Å². The molecule has 2 amide bonds. The van der Waals surface area contributed by atoms with Crippen LogP contribution in [0.1, 0.15) is 68.9 Å². The summed E-state index contributed by atoms with van der Waals surface area (Å²) >= 11 is 0. The predicted molar refractivity (Wildman–Crippen MR) is 122 cm³/mol. The Bertz CT molecular complexity index is 873. The normalized spacial score (nSPS) is 24.9. The molecule has 1 aliphatic heterocycles. The Hall–Kier alpha value is -2.56. The molecular weight excluding hydrogens is 388 g/mol. The summed E-state index contributed by atoms with van der Waals surface area (Å²) in [5, 5.41) is 3.03. The van der Waals surface area contributed by atoms with Gasteiger partial charge in [-0.25, -0.2) is 0 Å². The van der Waals surface area contributed by atoms with Crippen molar-refractivity contribution in [2.75, 3.05) is 13.1 Å². The van der Waals surface area contributed by atoms with Crippen LogP contribution in [-0.2, 0) is 14.3 Å². The summed E-state index contributed by atoms with van der Waals surface area (Å²) in [5.41, 5.74) is 3.53. The van der Waals surface area contributed by atoms with E-state index in [0.717, 1.165) is 56.1 Å². The quantitative estimate of drug-likeness (QED) is 0.542. The topological polar surface area (TPSA) is 58.6 Å². The van der Waals surface area contributed by atoms with Crippen molar-refractivity contribution in [1.29, 1.82) is 0 Å². The number of ether oxygens (including phenoxy) is 1. The van der Waals surface area contributed by atoms with Crippen LogP contribution in [0.15, 0.2) is 41.7 Å². The number of allylic oxidation sites excluding steroid dienone is 1. The third kappa shape index (κ3) is 5.57. The van der Waals surface area contributed by atoms with Crippen molar-refractivity contribution < 1.29 is 14.3 Å². The van der Waals surface area contributed by atoms with Gasteiger partial charge in [0.15, 0.2) is 5.76 Å². The van der Waals surface area contributed by atoms with Crippen LogP contribution >= 0.6 is 0 Å². The van der Waals surface area contributed by atoms with E-state index in [1.165, 1.54) is 18.4 Å². The molecule has 2 unspecified atom stereocenters. The number of fused-ring (bicyclic) bond motifs is 1. The second-order valence-electron chi connectivity index (χ2n) is 9.07. The highest BCUT2D eigenvalue weighted by atomic mass is 16.5. The lowest BCUT2D eigenvalue weighted by Crippen LogP contribution is -2.57. The second kappa shape index (κ2) is 10.2. The van der Waals surface area contributed by atoms with E-state index in [0.29, 0.717) is 12.3 Å². The maximum atomic E-state index is 13.3. The molecule has 1 saturated heterocycles. The Labute approximate surface area is 185 Å². The van der Waals surface area contributed by atoms with Gasteiger partial charge in [-0.05, 0) is 69.9 Å². The van der Waals surface area contributed by atoms with Crippen molar-refractivity contribution in [3.8, 4) is 0 Å². The highest BCUT2D eigenvalue weighted by Gasteiger charge is 2.42. The third-order valence-corrected chi connectivity index (χ3v) is 6.63. The van der Waals surface area contributed by atoms with Crippen molar-refractivity contribution in [1.82, 2.24) is 10.2 Å². The molecule has 31 heavy (non-hydrogen) atoms. The molecular formula is C26H34N2O3. The van der Waals surface area contributed by atoms with Crippen LogP contribution in [0.5, 0.6) is 0 Å². The van der Waals surface area contributed by atoms with E-state index in [1.807, 2.05) is 37.3 Å². The summed E-state index contributed by atoms with van der Waals surface area (Å²) in [6, 6.07) is 8.00. The number of hydrogen-bond donors (Lipinski definition) is 1. The first-order chi connectivity index (χ1) is 15.1. The standard InChI is InChI=1S/C26H34N2O3/c1-19-8-7-11-21(16-19)17-24-26(30)28(22-12-5-6-13-23(22)31-24)18-25(29)27-15-14-20-9-3-2-4-10-20/h7-9,11,16-17,22-23H,2-6,10,12-15,18H2,1H3,(H,27,29)/b24-17+. The largest absolute Gasteiger partial charge is 0.482 e. The van der Waals surface area contributed by atoms with Crippen LogP contribution in [0.3, 0.4) is 0 Å². The van der Waals surface area contributed by atoms with Gasteiger partial charge in [0.05, 0.1) is 6.04 Å². The number of hydrogen-bond acceptors (Lipinski definition) is 3. The van der Waals surface area contributed by atoms with E-state index in [2.05, 4.69) is 11.4 Å². The molecule has 1 aromatic rings. The summed E-state index contributed by atoms with van der Waals surface area (Å²) < 4.78 is 6.15. The fourth-order valence-electron chi connectivity index (χ4n) is 4.98. The van der Waals surface area contributed by atoms with E-state index >= 15 is 0 Å². The average Bonchev–Trinajstić information content (AvgIpc) is 2.77. The Morgan fingerprint density at radius 3 is 2.90 bits per heavy atom. The van der Waals surface area contributed by atoms with Gasteiger partial charge in [-0.1, -0.05) is 47.9 Å². The third-order valence-electron chi connectivity index (χ3n) is 6.63. The molecule has 0 radical (unpaired) electrons. The number of aryl methyl sites for hydroxylation is 1. The molecule has 1 aromatic carbocycles. The van der Waals surface area contributed by atoms with Gasteiger partial charge in [-0.2, -0.15) is 0 Å². The van der Waals surface area contributed by atoms with E-state index < -0.39 is 0 Å². The second-order valence-corrected chi connectivity index (χ2v) is 9.07. The molecule has 0 aromatic heterocycles. The lowest BCUT2D eigenvalue weighted by Gasteiger charge is -2.44. The van der Waals surface area contributed by atoms with Crippen molar-refractivity contribution in [2.45, 2.75) is 76.9 Å². The zero-order valence-electron chi connectivity index (χ0n) is 18.6. The maximum absolute atomic E-state index is 13.3. The number of amides is 2. The van der Waals surface area contributed by atoms with Gasteiger partial charge in [0.2, 0.25) is 5.91 Å². The number of carbonyl (C=O) groups excluding carboxylic acids is 2. The molecule has 4 rings (SSSR count). The Balaban J connectivity index is 1.42. The predicted octanol–water partition coefficient (Wildman–Crippen LogP) is 4.51. The lowest BCUT2D eigenvalue weighted by molar-refractivity contribution is -0.151. The van der Waals surface area contributed by atoms with E-state index in [9.17, 15) is 9.59 Å². The minimum atomic E-state index is -0.171. The number of nitrogens with zero attached hydrogens (tertiary/aromatic N) is 1. The van der Waals surface area contributed by atoms with Gasteiger partial charge >= 0.3 is 0 Å². The van der Waals surface area contributed by atoms with E-state index in [1.54, 1.807) is 4.90 Å². The first kappa shape index (κ1) is 21.7. The first-order valence-electron chi connectivity index (χ1n) is 11.8. The molecule has 166 valence electrons. The molecule has 1 N–H and O–H groups in total. The van der Waals surface area contributed by atoms with Gasteiger partial charge in [0.1, 0.15) is 12.6 Å². The zero-order chi connectivity index (χ0) is 21.6.